The van der Waals surface area contributed by atoms with Crippen molar-refractivity contribution in [2.24, 2.45) is 11.8 Å². The minimum Gasteiger partial charge on any atom is -0.497 e. The second-order valence-electron chi connectivity index (χ2n) is 8.34. The van der Waals surface area contributed by atoms with Gasteiger partial charge in [0.25, 0.3) is 0 Å². The summed E-state index contributed by atoms with van der Waals surface area (Å²) < 4.78 is 5.29. The van der Waals surface area contributed by atoms with Gasteiger partial charge in [0, 0.05) is 13.1 Å². The summed E-state index contributed by atoms with van der Waals surface area (Å²) in [5.74, 6) is 2.62. The number of nitrogens with zero attached hydrogens (tertiary/aromatic N) is 1. The molecule has 1 N–H and O–H groups in total. The second-order valence-corrected chi connectivity index (χ2v) is 8.34. The van der Waals surface area contributed by atoms with Gasteiger partial charge in [0.05, 0.1) is 7.11 Å². The second kappa shape index (κ2) is 8.04. The molecule has 1 aliphatic carbocycles. The van der Waals surface area contributed by atoms with E-state index in [4.69, 9.17) is 4.74 Å². The van der Waals surface area contributed by atoms with E-state index in [1.807, 2.05) is 54.6 Å². The summed E-state index contributed by atoms with van der Waals surface area (Å²) in [5, 5.41) is 11.8. The molecule has 4 rings (SSSR count). The third kappa shape index (κ3) is 4.04. The van der Waals surface area contributed by atoms with Crippen molar-refractivity contribution >= 4 is 0 Å². The van der Waals surface area contributed by atoms with Gasteiger partial charge in [-0.15, -0.1) is 0 Å². The molecule has 1 aliphatic heterocycles. The van der Waals surface area contributed by atoms with Crippen LogP contribution < -0.4 is 4.74 Å². The van der Waals surface area contributed by atoms with Gasteiger partial charge in [-0.2, -0.15) is 0 Å². The third-order valence-corrected chi connectivity index (χ3v) is 6.63. The van der Waals surface area contributed by atoms with E-state index in [2.05, 4.69) is 4.90 Å². The molecule has 2 aromatic rings. The summed E-state index contributed by atoms with van der Waals surface area (Å²) in [4.78, 5) is 2.58. The first kappa shape index (κ1) is 18.5. The largest absolute Gasteiger partial charge is 0.497 e. The van der Waals surface area contributed by atoms with Gasteiger partial charge < -0.3 is 14.7 Å². The molecule has 0 unspecified atom stereocenters. The molecular formula is C24H31NO2. The number of likely N-dealkylation sites (tertiary alicyclic amines) is 1. The Morgan fingerprint density at radius 2 is 1.67 bits per heavy atom. The van der Waals surface area contributed by atoms with E-state index in [-0.39, 0.29) is 0 Å². The van der Waals surface area contributed by atoms with Crippen molar-refractivity contribution in [1.29, 1.82) is 0 Å². The van der Waals surface area contributed by atoms with E-state index >= 15 is 0 Å². The molecule has 3 nitrogen and oxygen atoms in total. The Bertz CT molecular complexity index is 730. The maximum atomic E-state index is 11.8. The molecule has 2 bridgehead atoms. The SMILES string of the molecule is COc1ccc([C@@](O)(CCN2CC[C@@H]3CC[C@@H](C3)C2)c2ccccc2)cc1. The van der Waals surface area contributed by atoms with Gasteiger partial charge >= 0.3 is 0 Å². The van der Waals surface area contributed by atoms with Crippen molar-refractivity contribution in [3.63, 3.8) is 0 Å². The first-order valence-electron chi connectivity index (χ1n) is 10.3. The normalized spacial score (nSPS) is 25.0. The molecule has 2 fully saturated rings. The smallest absolute Gasteiger partial charge is 0.118 e. The Balaban J connectivity index is 1.54. The van der Waals surface area contributed by atoms with Crippen LogP contribution in [0.1, 0.15) is 43.2 Å². The topological polar surface area (TPSA) is 32.7 Å². The van der Waals surface area contributed by atoms with E-state index < -0.39 is 5.60 Å². The van der Waals surface area contributed by atoms with Crippen LogP contribution in [0.5, 0.6) is 5.75 Å². The standard InChI is InChI=1S/C24H31NO2/c1-27-23-11-9-22(10-12-23)24(26,21-5-3-2-4-6-21)14-16-25-15-13-19-7-8-20(17-19)18-25/h2-6,9-12,19-20,26H,7-8,13-18H2,1H3/t19-,20-,24+/m0/s1. The van der Waals surface area contributed by atoms with Gasteiger partial charge in [-0.25, -0.2) is 0 Å². The number of rotatable bonds is 6. The van der Waals surface area contributed by atoms with E-state index in [9.17, 15) is 5.11 Å². The molecule has 2 aliphatic rings. The zero-order chi connectivity index (χ0) is 18.7. The van der Waals surface area contributed by atoms with Crippen molar-refractivity contribution < 1.29 is 9.84 Å². The Labute approximate surface area is 163 Å². The van der Waals surface area contributed by atoms with E-state index in [0.29, 0.717) is 6.42 Å². The van der Waals surface area contributed by atoms with Crippen molar-refractivity contribution in [3.05, 3.63) is 65.7 Å². The molecule has 1 heterocycles. The maximum Gasteiger partial charge on any atom is 0.118 e. The fourth-order valence-corrected chi connectivity index (χ4v) is 4.99. The van der Waals surface area contributed by atoms with Crippen LogP contribution in [0.25, 0.3) is 0 Å². The minimum absolute atomic E-state index is 0.709. The van der Waals surface area contributed by atoms with Crippen molar-refractivity contribution in [2.45, 2.75) is 37.7 Å². The van der Waals surface area contributed by atoms with Crippen molar-refractivity contribution in [3.8, 4) is 5.75 Å². The van der Waals surface area contributed by atoms with Crippen LogP contribution in [-0.2, 0) is 5.60 Å². The predicted octanol–water partition coefficient (Wildman–Crippen LogP) is 4.44. The molecule has 1 saturated carbocycles. The first-order valence-corrected chi connectivity index (χ1v) is 10.3. The third-order valence-electron chi connectivity index (χ3n) is 6.63. The van der Waals surface area contributed by atoms with Crippen LogP contribution in [0.3, 0.4) is 0 Å². The lowest BCUT2D eigenvalue weighted by Crippen LogP contribution is -2.36. The number of methoxy groups -OCH3 is 1. The van der Waals surface area contributed by atoms with Gasteiger partial charge in [-0.1, -0.05) is 48.9 Å². The lowest BCUT2D eigenvalue weighted by molar-refractivity contribution is 0.0553. The number of fused-ring (bicyclic) bond motifs is 2. The van der Waals surface area contributed by atoms with Gasteiger partial charge in [-0.3, -0.25) is 0 Å². The molecule has 3 heteroatoms. The Hall–Kier alpha value is -1.84. The molecule has 3 atom stereocenters. The van der Waals surface area contributed by atoms with Gasteiger partial charge in [0.15, 0.2) is 0 Å². The molecule has 1 saturated heterocycles. The number of aliphatic hydroxyl groups is 1. The van der Waals surface area contributed by atoms with E-state index in [1.54, 1.807) is 7.11 Å². The molecule has 0 aromatic heterocycles. The zero-order valence-corrected chi connectivity index (χ0v) is 16.3. The Morgan fingerprint density at radius 3 is 2.41 bits per heavy atom. The quantitative estimate of drug-likeness (QED) is 0.821. The summed E-state index contributed by atoms with van der Waals surface area (Å²) in [6.07, 6.45) is 6.27. The molecule has 144 valence electrons. The van der Waals surface area contributed by atoms with Crippen LogP contribution in [0.4, 0.5) is 0 Å². The number of benzene rings is 2. The highest BCUT2D eigenvalue weighted by Crippen LogP contribution is 2.38. The predicted molar refractivity (Wildman–Crippen MR) is 109 cm³/mol. The summed E-state index contributed by atoms with van der Waals surface area (Å²) in [5.41, 5.74) is 0.927. The van der Waals surface area contributed by atoms with Gasteiger partial charge in [-0.05, 0) is 67.3 Å². The Morgan fingerprint density at radius 1 is 0.963 bits per heavy atom. The van der Waals surface area contributed by atoms with Gasteiger partial charge in [0.1, 0.15) is 11.4 Å². The highest BCUT2D eigenvalue weighted by atomic mass is 16.5. The van der Waals surface area contributed by atoms with Crippen LogP contribution in [0.2, 0.25) is 0 Å². The number of ether oxygens (including phenoxy) is 1. The lowest BCUT2D eigenvalue weighted by Gasteiger charge is -2.33. The van der Waals surface area contributed by atoms with Crippen LogP contribution in [0.15, 0.2) is 54.6 Å². The molecular weight excluding hydrogens is 334 g/mol. The summed E-state index contributed by atoms with van der Waals surface area (Å²) in [6.45, 7) is 3.30. The molecule has 27 heavy (non-hydrogen) atoms. The minimum atomic E-state index is -0.973. The average molecular weight is 366 g/mol. The fourth-order valence-electron chi connectivity index (χ4n) is 4.99. The Kier molecular flexibility index (Phi) is 5.51. The number of hydrogen-bond donors (Lipinski definition) is 1. The van der Waals surface area contributed by atoms with Crippen molar-refractivity contribution in [1.82, 2.24) is 4.90 Å². The average Bonchev–Trinajstić information content (AvgIpc) is 3.06. The lowest BCUT2D eigenvalue weighted by atomic mass is 9.83. The van der Waals surface area contributed by atoms with E-state index in [1.165, 1.54) is 38.8 Å². The van der Waals surface area contributed by atoms with Crippen LogP contribution >= 0.6 is 0 Å². The maximum absolute atomic E-state index is 11.8. The monoisotopic (exact) mass is 365 g/mol. The first-order chi connectivity index (χ1) is 13.2. The molecule has 0 radical (unpaired) electrons. The summed E-state index contributed by atoms with van der Waals surface area (Å²) in [6, 6.07) is 18.0. The van der Waals surface area contributed by atoms with E-state index in [0.717, 1.165) is 35.3 Å². The van der Waals surface area contributed by atoms with Crippen molar-refractivity contribution in [2.75, 3.05) is 26.7 Å². The highest BCUT2D eigenvalue weighted by molar-refractivity contribution is 5.38. The van der Waals surface area contributed by atoms with Crippen LogP contribution in [0, 0.1) is 11.8 Å². The highest BCUT2D eigenvalue weighted by Gasteiger charge is 2.34. The molecule has 2 aromatic carbocycles. The van der Waals surface area contributed by atoms with Crippen LogP contribution in [-0.4, -0.2) is 36.8 Å². The summed E-state index contributed by atoms with van der Waals surface area (Å²) in [7, 11) is 1.67. The molecule has 0 spiro atoms. The number of hydrogen-bond acceptors (Lipinski definition) is 3. The summed E-state index contributed by atoms with van der Waals surface area (Å²) >= 11 is 0. The zero-order valence-electron chi connectivity index (χ0n) is 16.3. The fraction of sp³-hybridized carbons (Fsp3) is 0.500. The molecule has 0 amide bonds. The van der Waals surface area contributed by atoms with Gasteiger partial charge in [0.2, 0.25) is 0 Å².